The Kier molecular flexibility index (Phi) is 4.09. The molecule has 0 heterocycles. The fraction of sp³-hybridized carbons (Fsp3) is 1.00. The van der Waals surface area contributed by atoms with E-state index in [0.29, 0.717) is 18.4 Å². The number of hydrogen-bond donors (Lipinski definition) is 1. The van der Waals surface area contributed by atoms with Crippen molar-refractivity contribution in [3.05, 3.63) is 0 Å². The maximum absolute atomic E-state index is 9.14. The highest BCUT2D eigenvalue weighted by Crippen LogP contribution is 2.34. The van der Waals surface area contributed by atoms with Crippen LogP contribution in [0.25, 0.3) is 0 Å². The Hall–Kier alpha value is -0.0400. The molecule has 0 aromatic carbocycles. The van der Waals surface area contributed by atoms with E-state index in [9.17, 15) is 0 Å². The molecular weight excluding hydrogens is 136 g/mol. The fourth-order valence-electron chi connectivity index (χ4n) is 2.04. The minimum absolute atomic E-state index is 0.0862. The first kappa shape index (κ1) is 11.0. The summed E-state index contributed by atoms with van der Waals surface area (Å²) >= 11 is 0. The highest BCUT2D eigenvalue weighted by atomic mass is 16.3. The van der Waals surface area contributed by atoms with Crippen molar-refractivity contribution in [2.75, 3.05) is 6.61 Å². The topological polar surface area (TPSA) is 20.2 Å². The molecule has 0 rings (SSSR count). The molecule has 0 aliphatic rings. The lowest BCUT2D eigenvalue weighted by molar-refractivity contribution is 0.0670. The molecule has 1 atom stereocenters. The summed E-state index contributed by atoms with van der Waals surface area (Å²) in [6, 6.07) is 0. The van der Waals surface area contributed by atoms with Gasteiger partial charge in [0.2, 0.25) is 0 Å². The van der Waals surface area contributed by atoms with Gasteiger partial charge in [0, 0.05) is 6.61 Å². The lowest BCUT2D eigenvalue weighted by atomic mass is 9.72. The van der Waals surface area contributed by atoms with E-state index in [-0.39, 0.29) is 5.41 Å². The lowest BCUT2D eigenvalue weighted by Gasteiger charge is -2.34. The molecule has 0 bridgehead atoms. The molecule has 0 unspecified atom stereocenters. The van der Waals surface area contributed by atoms with Crippen LogP contribution in [0.1, 0.15) is 41.0 Å². The first-order chi connectivity index (χ1) is 4.95. The molecule has 68 valence electrons. The van der Waals surface area contributed by atoms with Gasteiger partial charge in [0.1, 0.15) is 0 Å². The van der Waals surface area contributed by atoms with Crippen LogP contribution in [-0.2, 0) is 0 Å². The molecule has 0 fully saturated rings. The van der Waals surface area contributed by atoms with Crippen molar-refractivity contribution < 1.29 is 5.11 Å². The van der Waals surface area contributed by atoms with E-state index in [1.54, 1.807) is 0 Å². The van der Waals surface area contributed by atoms with Crippen molar-refractivity contribution in [1.29, 1.82) is 0 Å². The molecule has 0 amide bonds. The van der Waals surface area contributed by atoms with Crippen molar-refractivity contribution in [2.24, 2.45) is 17.3 Å². The van der Waals surface area contributed by atoms with Crippen molar-refractivity contribution in [2.45, 2.75) is 41.0 Å². The Bertz CT molecular complexity index is 105. The molecule has 0 aliphatic heterocycles. The zero-order valence-corrected chi connectivity index (χ0v) is 8.52. The zero-order valence-electron chi connectivity index (χ0n) is 8.52. The molecule has 0 saturated carbocycles. The monoisotopic (exact) mass is 158 g/mol. The maximum Gasteiger partial charge on any atom is 0.0484 e. The van der Waals surface area contributed by atoms with E-state index >= 15 is 0 Å². The lowest BCUT2D eigenvalue weighted by Crippen LogP contribution is -2.31. The van der Waals surface area contributed by atoms with Gasteiger partial charge in [0.25, 0.3) is 0 Å². The van der Waals surface area contributed by atoms with Gasteiger partial charge in [-0.3, -0.25) is 0 Å². The molecule has 0 aromatic heterocycles. The molecule has 0 aliphatic carbocycles. The van der Waals surface area contributed by atoms with Crippen LogP contribution in [0.3, 0.4) is 0 Å². The van der Waals surface area contributed by atoms with Crippen LogP contribution < -0.4 is 0 Å². The van der Waals surface area contributed by atoms with Gasteiger partial charge in [-0.1, -0.05) is 41.0 Å². The van der Waals surface area contributed by atoms with E-state index in [1.807, 2.05) is 0 Å². The minimum Gasteiger partial charge on any atom is -0.396 e. The third-order valence-electron chi connectivity index (χ3n) is 2.66. The van der Waals surface area contributed by atoms with Gasteiger partial charge >= 0.3 is 0 Å². The van der Waals surface area contributed by atoms with Gasteiger partial charge in [0.05, 0.1) is 0 Å². The number of hydrogen-bond acceptors (Lipinski definition) is 1. The van der Waals surface area contributed by atoms with Gasteiger partial charge in [-0.25, -0.2) is 0 Å². The van der Waals surface area contributed by atoms with E-state index < -0.39 is 0 Å². The summed E-state index contributed by atoms with van der Waals surface area (Å²) < 4.78 is 0. The smallest absolute Gasteiger partial charge is 0.0484 e. The highest BCUT2D eigenvalue weighted by molar-refractivity contribution is 4.78. The van der Waals surface area contributed by atoms with Crippen molar-refractivity contribution in [1.82, 2.24) is 0 Å². The first-order valence-electron chi connectivity index (χ1n) is 4.56. The first-order valence-corrected chi connectivity index (χ1v) is 4.56. The van der Waals surface area contributed by atoms with Crippen LogP contribution in [-0.4, -0.2) is 11.7 Å². The molecule has 0 aromatic rings. The molecule has 0 radical (unpaired) electrons. The predicted octanol–water partition coefficient (Wildman–Crippen LogP) is 2.69. The van der Waals surface area contributed by atoms with Crippen LogP contribution in [0, 0.1) is 17.3 Å². The zero-order chi connectivity index (χ0) is 9.07. The second-order valence-electron chi connectivity index (χ2n) is 4.41. The van der Waals surface area contributed by atoms with Crippen molar-refractivity contribution in [3.63, 3.8) is 0 Å². The van der Waals surface area contributed by atoms with E-state index in [4.69, 9.17) is 5.11 Å². The normalized spacial score (nSPS) is 15.5. The van der Waals surface area contributed by atoms with Crippen molar-refractivity contribution >= 4 is 0 Å². The van der Waals surface area contributed by atoms with Crippen LogP contribution in [0.2, 0.25) is 0 Å². The van der Waals surface area contributed by atoms with Crippen LogP contribution in [0.5, 0.6) is 0 Å². The second kappa shape index (κ2) is 4.10. The molecule has 1 heteroatoms. The quantitative estimate of drug-likeness (QED) is 0.667. The van der Waals surface area contributed by atoms with Crippen LogP contribution >= 0.6 is 0 Å². The summed E-state index contributed by atoms with van der Waals surface area (Å²) in [4.78, 5) is 0. The van der Waals surface area contributed by atoms with E-state index in [1.165, 1.54) is 0 Å². The van der Waals surface area contributed by atoms with Gasteiger partial charge in [-0.2, -0.15) is 0 Å². The molecule has 0 saturated heterocycles. The molecule has 1 N–H and O–H groups in total. The number of aliphatic hydroxyl groups excluding tert-OH is 1. The summed E-state index contributed by atoms with van der Waals surface area (Å²) in [6.45, 7) is 11.2. The average Bonchev–Trinajstić information content (AvgIpc) is 1.88. The third kappa shape index (κ3) is 2.82. The van der Waals surface area contributed by atoms with Crippen LogP contribution in [0.15, 0.2) is 0 Å². The Balaban J connectivity index is 4.23. The summed E-state index contributed by atoms with van der Waals surface area (Å²) in [6.07, 6.45) is 1.16. The van der Waals surface area contributed by atoms with Crippen molar-refractivity contribution in [3.8, 4) is 0 Å². The predicted molar refractivity (Wildman–Crippen MR) is 49.5 cm³/mol. The molecule has 0 spiro atoms. The maximum atomic E-state index is 9.14. The van der Waals surface area contributed by atoms with Gasteiger partial charge < -0.3 is 5.11 Å². The SMILES string of the molecule is CC[C@@H](C(C)C)C(C)(C)CO. The second-order valence-corrected chi connectivity index (χ2v) is 4.41. The van der Waals surface area contributed by atoms with Gasteiger partial charge in [-0.15, -0.1) is 0 Å². The molecule has 1 nitrogen and oxygen atoms in total. The fourth-order valence-corrected chi connectivity index (χ4v) is 2.04. The summed E-state index contributed by atoms with van der Waals surface area (Å²) in [5, 5.41) is 9.14. The third-order valence-corrected chi connectivity index (χ3v) is 2.66. The van der Waals surface area contributed by atoms with Gasteiger partial charge in [0.15, 0.2) is 0 Å². The Labute approximate surface area is 70.8 Å². The summed E-state index contributed by atoms with van der Waals surface area (Å²) in [5.74, 6) is 1.30. The van der Waals surface area contributed by atoms with E-state index in [2.05, 4.69) is 34.6 Å². The summed E-state index contributed by atoms with van der Waals surface area (Å²) in [5.41, 5.74) is 0.0862. The summed E-state index contributed by atoms with van der Waals surface area (Å²) in [7, 11) is 0. The molecular formula is C10H22O. The number of rotatable bonds is 4. The number of aliphatic hydroxyl groups is 1. The molecule has 11 heavy (non-hydrogen) atoms. The minimum atomic E-state index is 0.0862. The standard InChI is InChI=1S/C10H22O/c1-6-9(8(2)3)10(4,5)7-11/h8-9,11H,6-7H2,1-5H3/t9-/m0/s1. The van der Waals surface area contributed by atoms with E-state index in [0.717, 1.165) is 6.42 Å². The Morgan fingerprint density at radius 1 is 1.27 bits per heavy atom. The Morgan fingerprint density at radius 3 is 1.82 bits per heavy atom. The van der Waals surface area contributed by atoms with Crippen LogP contribution in [0.4, 0.5) is 0 Å². The average molecular weight is 158 g/mol. The largest absolute Gasteiger partial charge is 0.396 e. The highest BCUT2D eigenvalue weighted by Gasteiger charge is 2.29. The Morgan fingerprint density at radius 2 is 1.73 bits per heavy atom. The van der Waals surface area contributed by atoms with Gasteiger partial charge in [-0.05, 0) is 17.3 Å².